The number of nitrogens with zero attached hydrogens (tertiary/aromatic N) is 2. The number of carbonyl (C=O) groups is 1. The van der Waals surface area contributed by atoms with E-state index in [1.165, 1.54) is 4.57 Å². The van der Waals surface area contributed by atoms with Crippen molar-refractivity contribution in [1.82, 2.24) is 9.13 Å². The number of aliphatic carboxylic acids is 1. The average Bonchev–Trinajstić information content (AvgIpc) is 2.61. The van der Waals surface area contributed by atoms with Crippen molar-refractivity contribution in [2.24, 2.45) is 7.05 Å². The fraction of sp³-hybridized carbons (Fsp3) is 0.375. The Morgan fingerprint density at radius 3 is 2.52 bits per heavy atom. The van der Waals surface area contributed by atoms with Gasteiger partial charge in [0.25, 0.3) is 0 Å². The lowest BCUT2D eigenvalue weighted by molar-refractivity contribution is -0.147. The molecule has 2 aromatic rings. The van der Waals surface area contributed by atoms with Crippen molar-refractivity contribution in [1.29, 1.82) is 0 Å². The molecule has 0 spiro atoms. The summed E-state index contributed by atoms with van der Waals surface area (Å²) < 4.78 is 3.13. The number of imidazole rings is 1. The highest BCUT2D eigenvalue weighted by Gasteiger charge is 2.45. The summed E-state index contributed by atoms with van der Waals surface area (Å²) in [5, 5.41) is 9.54. The molecule has 1 heterocycles. The van der Waals surface area contributed by atoms with Crippen LogP contribution in [0.1, 0.15) is 30.5 Å². The van der Waals surface area contributed by atoms with E-state index < -0.39 is 11.4 Å². The smallest absolute Gasteiger partial charge is 0.332 e. The Labute approximate surface area is 122 Å². The second-order valence-electron chi connectivity index (χ2n) is 5.79. The third-order valence-electron chi connectivity index (χ3n) is 4.50. The third kappa shape index (κ3) is 1.92. The predicted octanol–water partition coefficient (Wildman–Crippen LogP) is 1.99. The molecule has 5 heteroatoms. The van der Waals surface area contributed by atoms with Crippen LogP contribution < -0.4 is 5.69 Å². The topological polar surface area (TPSA) is 64.2 Å². The van der Waals surface area contributed by atoms with E-state index in [1.54, 1.807) is 17.8 Å². The minimum absolute atomic E-state index is 0.123. The molecule has 5 nitrogen and oxygen atoms in total. The summed E-state index contributed by atoms with van der Waals surface area (Å²) in [7, 11) is 1.71. The first-order valence-corrected chi connectivity index (χ1v) is 7.05. The van der Waals surface area contributed by atoms with E-state index in [4.69, 9.17) is 0 Å². The van der Waals surface area contributed by atoms with Crippen LogP contribution in [-0.4, -0.2) is 20.2 Å². The van der Waals surface area contributed by atoms with Gasteiger partial charge in [-0.05, 0) is 37.5 Å². The minimum atomic E-state index is -0.775. The maximum Gasteiger partial charge on any atom is 0.332 e. The molecule has 21 heavy (non-hydrogen) atoms. The molecule has 1 aliphatic rings. The quantitative estimate of drug-likeness (QED) is 0.938. The molecule has 3 rings (SSSR count). The molecule has 0 bridgehead atoms. The van der Waals surface area contributed by atoms with E-state index in [0.29, 0.717) is 12.8 Å². The number of carboxylic acid groups (broad SMARTS) is 1. The van der Waals surface area contributed by atoms with E-state index in [2.05, 4.69) is 0 Å². The number of hydrogen-bond acceptors (Lipinski definition) is 2. The van der Waals surface area contributed by atoms with Crippen LogP contribution in [0.15, 0.2) is 35.3 Å². The van der Waals surface area contributed by atoms with Gasteiger partial charge in [0.1, 0.15) is 0 Å². The molecule has 0 unspecified atom stereocenters. The average molecular weight is 286 g/mol. The van der Waals surface area contributed by atoms with Gasteiger partial charge in [-0.1, -0.05) is 18.6 Å². The van der Waals surface area contributed by atoms with Crippen molar-refractivity contribution in [3.05, 3.63) is 52.2 Å². The Bertz CT molecular complexity index is 766. The summed E-state index contributed by atoms with van der Waals surface area (Å²) in [5.74, 6) is -0.775. The first-order valence-electron chi connectivity index (χ1n) is 7.05. The van der Waals surface area contributed by atoms with Gasteiger partial charge in [0.2, 0.25) is 0 Å². The van der Waals surface area contributed by atoms with Crippen molar-refractivity contribution in [2.75, 3.05) is 0 Å². The maximum atomic E-state index is 12.2. The highest BCUT2D eigenvalue weighted by atomic mass is 16.4. The first kappa shape index (κ1) is 13.7. The molecule has 0 amide bonds. The molecule has 1 aromatic heterocycles. The van der Waals surface area contributed by atoms with Crippen molar-refractivity contribution in [3.8, 4) is 5.69 Å². The molecule has 1 saturated carbocycles. The van der Waals surface area contributed by atoms with Crippen molar-refractivity contribution < 1.29 is 9.90 Å². The normalized spacial score (nSPS) is 16.5. The first-order chi connectivity index (χ1) is 9.95. The lowest BCUT2D eigenvalue weighted by Crippen LogP contribution is -2.42. The van der Waals surface area contributed by atoms with Gasteiger partial charge in [0.05, 0.1) is 11.1 Å². The van der Waals surface area contributed by atoms with Gasteiger partial charge >= 0.3 is 11.7 Å². The Hall–Kier alpha value is -2.30. The number of carboxylic acids is 1. The summed E-state index contributed by atoms with van der Waals surface area (Å²) in [5.41, 5.74) is 1.44. The molecule has 1 aliphatic carbocycles. The zero-order valence-electron chi connectivity index (χ0n) is 12.2. The van der Waals surface area contributed by atoms with Crippen LogP contribution in [-0.2, 0) is 17.3 Å². The summed E-state index contributed by atoms with van der Waals surface area (Å²) in [4.78, 5) is 23.8. The second kappa shape index (κ2) is 4.62. The van der Waals surface area contributed by atoms with E-state index in [9.17, 15) is 14.7 Å². The van der Waals surface area contributed by atoms with Gasteiger partial charge in [0, 0.05) is 18.9 Å². The fourth-order valence-electron chi connectivity index (χ4n) is 3.11. The van der Waals surface area contributed by atoms with Crippen LogP contribution in [0.5, 0.6) is 0 Å². The van der Waals surface area contributed by atoms with Crippen LogP contribution >= 0.6 is 0 Å². The third-order valence-corrected chi connectivity index (χ3v) is 4.50. The van der Waals surface area contributed by atoms with Gasteiger partial charge < -0.3 is 9.67 Å². The summed E-state index contributed by atoms with van der Waals surface area (Å²) >= 11 is 0. The fourth-order valence-corrected chi connectivity index (χ4v) is 3.11. The van der Waals surface area contributed by atoms with Crippen LogP contribution in [0.3, 0.4) is 0 Å². The molecule has 0 radical (unpaired) electrons. The Morgan fingerprint density at radius 2 is 2.05 bits per heavy atom. The summed E-state index contributed by atoms with van der Waals surface area (Å²) in [6.07, 6.45) is 4.02. The van der Waals surface area contributed by atoms with Crippen LogP contribution in [0.2, 0.25) is 0 Å². The maximum absolute atomic E-state index is 12.2. The van der Waals surface area contributed by atoms with E-state index in [0.717, 1.165) is 23.4 Å². The highest BCUT2D eigenvalue weighted by molar-refractivity contribution is 5.82. The standard InChI is InChI=1S/C16H18N2O3/c1-11-10-17(2)15(21)18(11)13-6-3-5-12(9-13)16(14(19)20)7-4-8-16/h3,5-6,9-10H,4,7-8H2,1-2H3,(H,19,20). The van der Waals surface area contributed by atoms with Crippen molar-refractivity contribution in [2.45, 2.75) is 31.6 Å². The SMILES string of the molecule is Cc1cn(C)c(=O)n1-c1cccc(C2(C(=O)O)CCC2)c1. The monoisotopic (exact) mass is 286 g/mol. The molecule has 0 saturated heterocycles. The lowest BCUT2D eigenvalue weighted by atomic mass is 9.64. The van der Waals surface area contributed by atoms with Crippen LogP contribution in [0.25, 0.3) is 5.69 Å². The largest absolute Gasteiger partial charge is 0.481 e. The number of benzene rings is 1. The second-order valence-corrected chi connectivity index (χ2v) is 5.79. The Balaban J connectivity index is 2.13. The van der Waals surface area contributed by atoms with Crippen molar-refractivity contribution >= 4 is 5.97 Å². The Morgan fingerprint density at radius 1 is 1.33 bits per heavy atom. The molecule has 1 aromatic carbocycles. The van der Waals surface area contributed by atoms with Gasteiger partial charge in [0.15, 0.2) is 0 Å². The lowest BCUT2D eigenvalue weighted by Gasteiger charge is -2.38. The zero-order valence-corrected chi connectivity index (χ0v) is 12.2. The van der Waals surface area contributed by atoms with Crippen LogP contribution in [0.4, 0.5) is 0 Å². The van der Waals surface area contributed by atoms with Gasteiger partial charge in [-0.2, -0.15) is 0 Å². The van der Waals surface area contributed by atoms with Gasteiger partial charge in [-0.15, -0.1) is 0 Å². The van der Waals surface area contributed by atoms with E-state index >= 15 is 0 Å². The molecule has 1 fully saturated rings. The molecule has 0 aliphatic heterocycles. The number of rotatable bonds is 3. The number of aryl methyl sites for hydroxylation is 2. The number of hydrogen-bond donors (Lipinski definition) is 1. The summed E-state index contributed by atoms with van der Waals surface area (Å²) in [6, 6.07) is 7.35. The molecule has 1 N–H and O–H groups in total. The van der Waals surface area contributed by atoms with Crippen LogP contribution in [0, 0.1) is 6.92 Å². The summed E-state index contributed by atoms with van der Waals surface area (Å²) in [6.45, 7) is 1.87. The zero-order chi connectivity index (χ0) is 15.2. The molecular weight excluding hydrogens is 268 g/mol. The van der Waals surface area contributed by atoms with Crippen molar-refractivity contribution in [3.63, 3.8) is 0 Å². The molecular formula is C16H18N2O3. The predicted molar refractivity (Wildman–Crippen MR) is 78.9 cm³/mol. The van der Waals surface area contributed by atoms with E-state index in [1.807, 2.05) is 31.2 Å². The highest BCUT2D eigenvalue weighted by Crippen LogP contribution is 2.44. The van der Waals surface area contributed by atoms with Gasteiger partial charge in [-0.3, -0.25) is 9.36 Å². The Kier molecular flexibility index (Phi) is 3.01. The van der Waals surface area contributed by atoms with Gasteiger partial charge in [-0.25, -0.2) is 4.79 Å². The van der Waals surface area contributed by atoms with E-state index in [-0.39, 0.29) is 5.69 Å². The minimum Gasteiger partial charge on any atom is -0.481 e. The molecule has 0 atom stereocenters. The molecule has 110 valence electrons. The number of aromatic nitrogens is 2.